The zero-order chi connectivity index (χ0) is 15.4. The maximum absolute atomic E-state index is 13.0. The molecule has 0 aliphatic carbocycles. The maximum atomic E-state index is 13.0. The molecule has 0 spiro atoms. The van der Waals surface area contributed by atoms with Gasteiger partial charge in [-0.3, -0.25) is 8.99 Å². The molecule has 1 aromatic carbocycles. The molecule has 2 heterocycles. The monoisotopic (exact) mass is 306 g/mol. The predicted molar refractivity (Wildman–Crippen MR) is 81.8 cm³/mol. The lowest BCUT2D eigenvalue weighted by Gasteiger charge is -2.21. The van der Waals surface area contributed by atoms with Gasteiger partial charge in [-0.25, -0.2) is 8.42 Å². The van der Waals surface area contributed by atoms with Crippen LogP contribution in [0, 0.1) is 13.8 Å². The molecule has 0 bridgehead atoms. The van der Waals surface area contributed by atoms with E-state index in [4.69, 9.17) is 5.73 Å². The molecule has 1 aliphatic rings. The van der Waals surface area contributed by atoms with Crippen molar-refractivity contribution in [2.45, 2.75) is 25.2 Å². The number of para-hydroxylation sites is 1. The SMILES string of the molecule is Cc1nn(C)c(C)c1S(=O)(=O)N1CCc2cccc(N)c21. The second-order valence-corrected chi connectivity index (χ2v) is 7.10. The van der Waals surface area contributed by atoms with E-state index < -0.39 is 10.0 Å². The molecule has 21 heavy (non-hydrogen) atoms. The summed E-state index contributed by atoms with van der Waals surface area (Å²) in [5.74, 6) is 0. The largest absolute Gasteiger partial charge is 0.397 e. The molecule has 0 amide bonds. The number of nitrogen functional groups attached to an aromatic ring is 1. The van der Waals surface area contributed by atoms with Crippen LogP contribution >= 0.6 is 0 Å². The molecule has 0 unspecified atom stereocenters. The van der Waals surface area contributed by atoms with Gasteiger partial charge in [-0.1, -0.05) is 12.1 Å². The van der Waals surface area contributed by atoms with Gasteiger partial charge in [-0.2, -0.15) is 5.10 Å². The zero-order valence-electron chi connectivity index (χ0n) is 12.3. The van der Waals surface area contributed by atoms with Gasteiger partial charge in [0.1, 0.15) is 4.90 Å². The summed E-state index contributed by atoms with van der Waals surface area (Å²) in [6, 6.07) is 5.50. The van der Waals surface area contributed by atoms with E-state index in [0.717, 1.165) is 5.56 Å². The van der Waals surface area contributed by atoms with Gasteiger partial charge in [0.25, 0.3) is 10.0 Å². The van der Waals surface area contributed by atoms with Crippen molar-refractivity contribution in [3.63, 3.8) is 0 Å². The molecule has 6 nitrogen and oxygen atoms in total. The lowest BCUT2D eigenvalue weighted by molar-refractivity contribution is 0.590. The first-order valence-corrected chi connectivity index (χ1v) is 8.18. The third-order valence-electron chi connectivity index (χ3n) is 3.98. The van der Waals surface area contributed by atoms with Crippen LogP contribution < -0.4 is 10.0 Å². The summed E-state index contributed by atoms with van der Waals surface area (Å²) in [4.78, 5) is 0.279. The van der Waals surface area contributed by atoms with E-state index in [1.165, 1.54) is 4.31 Å². The molecule has 1 aromatic heterocycles. The van der Waals surface area contributed by atoms with Crippen LogP contribution in [0.1, 0.15) is 17.0 Å². The smallest absolute Gasteiger partial charge is 0.268 e. The fraction of sp³-hybridized carbons (Fsp3) is 0.357. The van der Waals surface area contributed by atoms with E-state index in [1.54, 1.807) is 31.6 Å². The first-order chi connectivity index (χ1) is 9.84. The summed E-state index contributed by atoms with van der Waals surface area (Å²) in [5.41, 5.74) is 9.21. The highest BCUT2D eigenvalue weighted by Gasteiger charge is 2.35. The molecule has 0 atom stereocenters. The third-order valence-corrected chi connectivity index (χ3v) is 6.03. The zero-order valence-corrected chi connectivity index (χ0v) is 13.1. The maximum Gasteiger partial charge on any atom is 0.268 e. The standard InChI is InChI=1S/C14H18N4O2S/c1-9-14(10(2)17(3)16-9)21(19,20)18-8-7-11-5-4-6-12(15)13(11)18/h4-6H,7-8,15H2,1-3H3. The Morgan fingerprint density at radius 2 is 2.00 bits per heavy atom. The van der Waals surface area contributed by atoms with E-state index in [0.29, 0.717) is 35.7 Å². The molecule has 0 saturated carbocycles. The van der Waals surface area contributed by atoms with Crippen LogP contribution in [0.3, 0.4) is 0 Å². The van der Waals surface area contributed by atoms with Crippen LogP contribution in [0.5, 0.6) is 0 Å². The number of sulfonamides is 1. The molecule has 0 radical (unpaired) electrons. The highest BCUT2D eigenvalue weighted by Crippen LogP contribution is 2.38. The second kappa shape index (κ2) is 4.49. The van der Waals surface area contributed by atoms with Crippen molar-refractivity contribution in [2.24, 2.45) is 7.05 Å². The molecule has 1 aliphatic heterocycles. The fourth-order valence-electron chi connectivity index (χ4n) is 2.93. The van der Waals surface area contributed by atoms with Gasteiger partial charge in [0.05, 0.1) is 22.8 Å². The van der Waals surface area contributed by atoms with E-state index >= 15 is 0 Å². The molecular formula is C14H18N4O2S. The lowest BCUT2D eigenvalue weighted by Crippen LogP contribution is -2.30. The minimum absolute atomic E-state index is 0.279. The van der Waals surface area contributed by atoms with Crippen LogP contribution in [0.25, 0.3) is 0 Å². The number of hydrogen-bond acceptors (Lipinski definition) is 4. The molecule has 7 heteroatoms. The number of anilines is 2. The second-order valence-electron chi connectivity index (χ2n) is 5.31. The van der Waals surface area contributed by atoms with E-state index in [-0.39, 0.29) is 4.90 Å². The minimum Gasteiger partial charge on any atom is -0.397 e. The summed E-state index contributed by atoms with van der Waals surface area (Å²) in [6.07, 6.45) is 0.679. The number of nitrogens with zero attached hydrogens (tertiary/aromatic N) is 3. The summed E-state index contributed by atoms with van der Waals surface area (Å²) < 4.78 is 29.0. The Hall–Kier alpha value is -2.02. The van der Waals surface area contributed by atoms with Crippen molar-refractivity contribution >= 4 is 21.4 Å². The predicted octanol–water partition coefficient (Wildman–Crippen LogP) is 1.37. The number of nitrogens with two attached hydrogens (primary N) is 1. The third kappa shape index (κ3) is 1.91. The van der Waals surface area contributed by atoms with Crippen LogP contribution in [-0.2, 0) is 23.5 Å². The summed E-state index contributed by atoms with van der Waals surface area (Å²) >= 11 is 0. The van der Waals surface area contributed by atoms with Crippen molar-refractivity contribution in [1.29, 1.82) is 0 Å². The Morgan fingerprint density at radius 1 is 1.29 bits per heavy atom. The summed E-state index contributed by atoms with van der Waals surface area (Å²) in [5, 5.41) is 4.21. The number of hydrogen-bond donors (Lipinski definition) is 1. The summed E-state index contributed by atoms with van der Waals surface area (Å²) in [6.45, 7) is 3.89. The Kier molecular flexibility index (Phi) is 2.98. The van der Waals surface area contributed by atoms with Crippen LogP contribution in [0.2, 0.25) is 0 Å². The Labute approximate surface area is 124 Å². The van der Waals surface area contributed by atoms with Gasteiger partial charge in [-0.05, 0) is 31.9 Å². The van der Waals surface area contributed by atoms with Crippen molar-refractivity contribution in [3.8, 4) is 0 Å². The Balaban J connectivity index is 2.19. The normalized spacial score (nSPS) is 14.5. The molecule has 112 valence electrons. The fourth-order valence-corrected chi connectivity index (χ4v) is 4.86. The Morgan fingerprint density at radius 3 is 2.62 bits per heavy atom. The van der Waals surface area contributed by atoms with Gasteiger partial charge in [0.2, 0.25) is 0 Å². The van der Waals surface area contributed by atoms with E-state index in [2.05, 4.69) is 5.10 Å². The molecule has 0 fully saturated rings. The first kappa shape index (κ1) is 13.9. The molecule has 0 saturated heterocycles. The molecule has 3 rings (SSSR count). The van der Waals surface area contributed by atoms with Crippen molar-refractivity contribution in [2.75, 3.05) is 16.6 Å². The van der Waals surface area contributed by atoms with E-state index in [1.807, 2.05) is 12.1 Å². The topological polar surface area (TPSA) is 81.2 Å². The van der Waals surface area contributed by atoms with Gasteiger partial charge in [0, 0.05) is 13.6 Å². The highest BCUT2D eigenvalue weighted by molar-refractivity contribution is 7.93. The number of aryl methyl sites for hydroxylation is 2. The van der Waals surface area contributed by atoms with E-state index in [9.17, 15) is 8.42 Å². The molecule has 2 N–H and O–H groups in total. The van der Waals surface area contributed by atoms with Crippen LogP contribution in [-0.4, -0.2) is 24.7 Å². The van der Waals surface area contributed by atoms with Gasteiger partial charge in [-0.15, -0.1) is 0 Å². The average Bonchev–Trinajstić information content (AvgIpc) is 2.93. The van der Waals surface area contributed by atoms with Gasteiger partial charge >= 0.3 is 0 Å². The number of benzene rings is 1. The van der Waals surface area contributed by atoms with Crippen LogP contribution in [0.15, 0.2) is 23.1 Å². The van der Waals surface area contributed by atoms with Gasteiger partial charge < -0.3 is 5.73 Å². The first-order valence-electron chi connectivity index (χ1n) is 6.74. The molecular weight excluding hydrogens is 288 g/mol. The van der Waals surface area contributed by atoms with Gasteiger partial charge in [0.15, 0.2) is 0 Å². The number of rotatable bonds is 2. The summed E-state index contributed by atoms with van der Waals surface area (Å²) in [7, 11) is -1.90. The lowest BCUT2D eigenvalue weighted by atomic mass is 10.1. The van der Waals surface area contributed by atoms with Crippen molar-refractivity contribution in [1.82, 2.24) is 9.78 Å². The highest BCUT2D eigenvalue weighted by atomic mass is 32.2. The average molecular weight is 306 g/mol. The number of fused-ring (bicyclic) bond motifs is 1. The number of aromatic nitrogens is 2. The van der Waals surface area contributed by atoms with Crippen molar-refractivity contribution < 1.29 is 8.42 Å². The quantitative estimate of drug-likeness (QED) is 0.850. The van der Waals surface area contributed by atoms with Crippen molar-refractivity contribution in [3.05, 3.63) is 35.2 Å². The molecule has 2 aromatic rings. The Bertz CT molecular complexity index is 824. The minimum atomic E-state index is -3.65. The van der Waals surface area contributed by atoms with Crippen LogP contribution in [0.4, 0.5) is 11.4 Å².